The van der Waals surface area contributed by atoms with Crippen LogP contribution in [-0.4, -0.2) is 40.7 Å². The van der Waals surface area contributed by atoms with Gasteiger partial charge in [0.2, 0.25) is 5.89 Å². The van der Waals surface area contributed by atoms with Crippen LogP contribution in [-0.2, 0) is 13.0 Å². The van der Waals surface area contributed by atoms with Crippen LogP contribution in [0, 0.1) is 0 Å². The van der Waals surface area contributed by atoms with Crippen LogP contribution in [0.1, 0.15) is 32.0 Å². The highest BCUT2D eigenvalue weighted by Gasteiger charge is 2.20. The van der Waals surface area contributed by atoms with E-state index < -0.39 is 0 Å². The van der Waals surface area contributed by atoms with E-state index in [9.17, 15) is 0 Å². The second-order valence-corrected chi connectivity index (χ2v) is 4.38. The quantitative estimate of drug-likeness (QED) is 0.820. The minimum Gasteiger partial charge on any atom is -0.338 e. The van der Waals surface area contributed by atoms with Gasteiger partial charge in [-0.05, 0) is 13.3 Å². The molecule has 0 radical (unpaired) electrons. The number of nitrogens with zero attached hydrogens (tertiary/aromatic N) is 3. The topological polar surface area (TPSA) is 54.2 Å². The van der Waals surface area contributed by atoms with Crippen LogP contribution in [0.3, 0.4) is 0 Å². The summed E-state index contributed by atoms with van der Waals surface area (Å²) in [5.41, 5.74) is 0. The van der Waals surface area contributed by atoms with Gasteiger partial charge in [0.25, 0.3) is 0 Å². The fourth-order valence-corrected chi connectivity index (χ4v) is 1.97. The van der Waals surface area contributed by atoms with Gasteiger partial charge in [-0.1, -0.05) is 12.1 Å². The van der Waals surface area contributed by atoms with Crippen molar-refractivity contribution in [3.63, 3.8) is 0 Å². The Hall–Kier alpha value is -0.940. The van der Waals surface area contributed by atoms with Crippen LogP contribution in [0.25, 0.3) is 0 Å². The maximum atomic E-state index is 5.25. The van der Waals surface area contributed by atoms with Gasteiger partial charge in [-0.25, -0.2) is 0 Å². The number of aryl methyl sites for hydroxylation is 1. The van der Waals surface area contributed by atoms with Gasteiger partial charge in [-0.15, -0.1) is 0 Å². The molecule has 0 spiro atoms. The lowest BCUT2D eigenvalue weighted by Gasteiger charge is -2.32. The van der Waals surface area contributed by atoms with Crippen molar-refractivity contribution in [2.45, 2.75) is 39.3 Å². The molecule has 0 amide bonds. The van der Waals surface area contributed by atoms with E-state index in [1.54, 1.807) is 0 Å². The second-order valence-electron chi connectivity index (χ2n) is 4.38. The van der Waals surface area contributed by atoms with Gasteiger partial charge < -0.3 is 9.84 Å². The molecule has 0 saturated carbocycles. The van der Waals surface area contributed by atoms with Gasteiger partial charge in [0, 0.05) is 32.1 Å². The molecular weight excluding hydrogens is 204 g/mol. The summed E-state index contributed by atoms with van der Waals surface area (Å²) in [5.74, 6) is 1.58. The normalized spacial score (nSPS) is 22.5. The minimum atomic E-state index is 0.537. The molecule has 0 aromatic carbocycles. The first-order valence-electron chi connectivity index (χ1n) is 6.06. The third-order valence-corrected chi connectivity index (χ3v) is 2.96. The van der Waals surface area contributed by atoms with Crippen LogP contribution in [0.15, 0.2) is 4.52 Å². The summed E-state index contributed by atoms with van der Waals surface area (Å²) in [6.45, 7) is 8.24. The van der Waals surface area contributed by atoms with Crippen molar-refractivity contribution < 1.29 is 4.52 Å². The van der Waals surface area contributed by atoms with Gasteiger partial charge in [0.1, 0.15) is 0 Å². The highest BCUT2D eigenvalue weighted by Crippen LogP contribution is 2.09. The molecule has 5 heteroatoms. The average molecular weight is 224 g/mol. The monoisotopic (exact) mass is 224 g/mol. The standard InChI is InChI=1S/C11H20N4O/c1-3-4-10-13-11(16-14-10)8-15-6-5-12-7-9(15)2/h9,12H,3-8H2,1-2H3/t9-/m1/s1. The molecular formula is C11H20N4O. The summed E-state index contributed by atoms with van der Waals surface area (Å²) in [6, 6.07) is 0.537. The smallest absolute Gasteiger partial charge is 0.240 e. The largest absolute Gasteiger partial charge is 0.338 e. The Labute approximate surface area is 96.2 Å². The van der Waals surface area contributed by atoms with Gasteiger partial charge in [0.15, 0.2) is 5.82 Å². The minimum absolute atomic E-state index is 0.537. The molecule has 1 N–H and O–H groups in total. The molecule has 1 aromatic rings. The number of aromatic nitrogens is 2. The van der Waals surface area contributed by atoms with Crippen molar-refractivity contribution in [1.82, 2.24) is 20.4 Å². The summed E-state index contributed by atoms with van der Waals surface area (Å²) in [5, 5.41) is 7.34. The number of piperazine rings is 1. The van der Waals surface area contributed by atoms with E-state index in [-0.39, 0.29) is 0 Å². The summed E-state index contributed by atoms with van der Waals surface area (Å²) in [7, 11) is 0. The Morgan fingerprint density at radius 1 is 1.56 bits per heavy atom. The van der Waals surface area contributed by atoms with Crippen molar-refractivity contribution in [2.75, 3.05) is 19.6 Å². The van der Waals surface area contributed by atoms with E-state index in [0.717, 1.165) is 50.7 Å². The van der Waals surface area contributed by atoms with E-state index in [1.165, 1.54) is 0 Å². The van der Waals surface area contributed by atoms with Gasteiger partial charge in [-0.2, -0.15) is 4.98 Å². The molecule has 90 valence electrons. The first-order chi connectivity index (χ1) is 7.79. The molecule has 2 rings (SSSR count). The third-order valence-electron chi connectivity index (χ3n) is 2.96. The predicted octanol–water partition coefficient (Wildman–Crippen LogP) is 0.816. The second kappa shape index (κ2) is 5.41. The van der Waals surface area contributed by atoms with Crippen molar-refractivity contribution in [2.24, 2.45) is 0 Å². The van der Waals surface area contributed by atoms with Crippen LogP contribution >= 0.6 is 0 Å². The highest BCUT2D eigenvalue weighted by molar-refractivity contribution is 4.88. The first-order valence-corrected chi connectivity index (χ1v) is 6.06. The lowest BCUT2D eigenvalue weighted by molar-refractivity contribution is 0.146. The lowest BCUT2D eigenvalue weighted by Crippen LogP contribution is -2.49. The van der Waals surface area contributed by atoms with Crippen molar-refractivity contribution in [3.8, 4) is 0 Å². The molecule has 1 aromatic heterocycles. The Morgan fingerprint density at radius 2 is 2.44 bits per heavy atom. The highest BCUT2D eigenvalue weighted by atomic mass is 16.5. The fourth-order valence-electron chi connectivity index (χ4n) is 1.97. The maximum Gasteiger partial charge on any atom is 0.240 e. The van der Waals surface area contributed by atoms with E-state index in [1.807, 2.05) is 0 Å². The Morgan fingerprint density at radius 3 is 3.19 bits per heavy atom. The third kappa shape index (κ3) is 2.80. The van der Waals surface area contributed by atoms with Gasteiger partial charge >= 0.3 is 0 Å². The van der Waals surface area contributed by atoms with E-state index in [2.05, 4.69) is 34.2 Å². The molecule has 1 aliphatic heterocycles. The predicted molar refractivity (Wildman–Crippen MR) is 61.0 cm³/mol. The molecule has 1 fully saturated rings. The van der Waals surface area contributed by atoms with Gasteiger partial charge in [-0.3, -0.25) is 4.90 Å². The van der Waals surface area contributed by atoms with Crippen molar-refractivity contribution in [1.29, 1.82) is 0 Å². The van der Waals surface area contributed by atoms with Crippen molar-refractivity contribution in [3.05, 3.63) is 11.7 Å². The number of rotatable bonds is 4. The molecule has 1 atom stereocenters. The molecule has 16 heavy (non-hydrogen) atoms. The molecule has 1 saturated heterocycles. The lowest BCUT2D eigenvalue weighted by atomic mass is 10.2. The zero-order chi connectivity index (χ0) is 11.4. The number of nitrogens with one attached hydrogen (secondary N) is 1. The van der Waals surface area contributed by atoms with Gasteiger partial charge in [0.05, 0.1) is 6.54 Å². The molecule has 1 aliphatic rings. The Kier molecular flexibility index (Phi) is 3.90. The zero-order valence-corrected chi connectivity index (χ0v) is 10.1. The van der Waals surface area contributed by atoms with Crippen LogP contribution in [0.5, 0.6) is 0 Å². The summed E-state index contributed by atoms with van der Waals surface area (Å²) in [6.07, 6.45) is 1.96. The summed E-state index contributed by atoms with van der Waals surface area (Å²) in [4.78, 5) is 6.76. The molecule has 5 nitrogen and oxygen atoms in total. The Balaban J connectivity index is 1.91. The first kappa shape index (κ1) is 11.5. The summed E-state index contributed by atoms with van der Waals surface area (Å²) >= 11 is 0. The molecule has 2 heterocycles. The zero-order valence-electron chi connectivity index (χ0n) is 10.1. The molecule has 0 unspecified atom stereocenters. The molecule has 0 bridgehead atoms. The molecule has 0 aliphatic carbocycles. The van der Waals surface area contributed by atoms with E-state index in [0.29, 0.717) is 6.04 Å². The van der Waals surface area contributed by atoms with E-state index >= 15 is 0 Å². The van der Waals surface area contributed by atoms with Crippen molar-refractivity contribution >= 4 is 0 Å². The average Bonchev–Trinajstić information content (AvgIpc) is 2.70. The maximum absolute atomic E-state index is 5.25. The SMILES string of the molecule is CCCc1noc(CN2CCNC[C@H]2C)n1. The van der Waals surface area contributed by atoms with Crippen LogP contribution in [0.2, 0.25) is 0 Å². The van der Waals surface area contributed by atoms with E-state index in [4.69, 9.17) is 4.52 Å². The Bertz CT molecular complexity index is 326. The summed E-state index contributed by atoms with van der Waals surface area (Å²) < 4.78 is 5.25. The number of hydrogen-bond donors (Lipinski definition) is 1. The van der Waals surface area contributed by atoms with Crippen LogP contribution < -0.4 is 5.32 Å². The fraction of sp³-hybridized carbons (Fsp3) is 0.818. The number of hydrogen-bond acceptors (Lipinski definition) is 5. The van der Waals surface area contributed by atoms with Crippen LogP contribution in [0.4, 0.5) is 0 Å².